The van der Waals surface area contributed by atoms with Gasteiger partial charge in [-0.2, -0.15) is 0 Å². The molecule has 0 aliphatic carbocycles. The summed E-state index contributed by atoms with van der Waals surface area (Å²) in [5.41, 5.74) is 3.99. The number of rotatable bonds is 5. The third-order valence-corrected chi connectivity index (χ3v) is 4.33. The van der Waals surface area contributed by atoms with E-state index < -0.39 is 0 Å². The molecule has 25 heavy (non-hydrogen) atoms. The monoisotopic (exact) mass is 355 g/mol. The second-order valence-electron chi connectivity index (χ2n) is 7.05. The minimum atomic E-state index is -0.0792. The van der Waals surface area contributed by atoms with Crippen molar-refractivity contribution >= 4 is 11.6 Å². The SMILES string of the molecule is CC(C)(C)c1conc1CNC(c1cccc(Cl)c1)c1ccccn1. The molecule has 0 bridgehead atoms. The molecule has 0 amide bonds. The first-order valence-electron chi connectivity index (χ1n) is 8.28. The van der Waals surface area contributed by atoms with Gasteiger partial charge in [0.15, 0.2) is 0 Å². The zero-order valence-corrected chi connectivity index (χ0v) is 15.4. The van der Waals surface area contributed by atoms with Gasteiger partial charge in [0.05, 0.1) is 11.7 Å². The van der Waals surface area contributed by atoms with Crippen molar-refractivity contribution in [2.45, 2.75) is 38.8 Å². The van der Waals surface area contributed by atoms with E-state index in [0.717, 1.165) is 22.5 Å². The quantitative estimate of drug-likeness (QED) is 0.707. The molecule has 0 radical (unpaired) electrons. The van der Waals surface area contributed by atoms with Gasteiger partial charge in [-0.3, -0.25) is 10.3 Å². The molecule has 1 atom stereocenters. The van der Waals surface area contributed by atoms with Crippen LogP contribution in [0, 0.1) is 0 Å². The summed E-state index contributed by atoms with van der Waals surface area (Å²) in [6.07, 6.45) is 3.53. The molecule has 1 aromatic carbocycles. The Labute approximate surface area is 153 Å². The first-order valence-corrected chi connectivity index (χ1v) is 8.66. The van der Waals surface area contributed by atoms with Crippen LogP contribution in [0.1, 0.15) is 49.3 Å². The molecular formula is C20H22ClN3O. The summed E-state index contributed by atoms with van der Waals surface area (Å²) in [4.78, 5) is 4.51. The molecular weight excluding hydrogens is 334 g/mol. The summed E-state index contributed by atoms with van der Waals surface area (Å²) in [5.74, 6) is 0. The number of pyridine rings is 1. The highest BCUT2D eigenvalue weighted by molar-refractivity contribution is 6.30. The largest absolute Gasteiger partial charge is 0.364 e. The summed E-state index contributed by atoms with van der Waals surface area (Å²) in [5, 5.41) is 8.43. The molecule has 4 nitrogen and oxygen atoms in total. The van der Waals surface area contributed by atoms with E-state index in [-0.39, 0.29) is 11.5 Å². The molecule has 3 aromatic rings. The van der Waals surface area contributed by atoms with Crippen LogP contribution in [-0.4, -0.2) is 10.1 Å². The maximum Gasteiger partial charge on any atom is 0.127 e. The van der Waals surface area contributed by atoms with Gasteiger partial charge < -0.3 is 4.52 Å². The fraction of sp³-hybridized carbons (Fsp3) is 0.300. The number of benzene rings is 1. The van der Waals surface area contributed by atoms with Crippen LogP contribution in [0.25, 0.3) is 0 Å². The average molecular weight is 356 g/mol. The zero-order valence-electron chi connectivity index (χ0n) is 14.7. The molecule has 0 aliphatic rings. The van der Waals surface area contributed by atoms with Crippen molar-refractivity contribution < 1.29 is 4.52 Å². The molecule has 0 aliphatic heterocycles. The van der Waals surface area contributed by atoms with Gasteiger partial charge in [0.1, 0.15) is 12.0 Å². The fourth-order valence-corrected chi connectivity index (χ4v) is 3.02. The van der Waals surface area contributed by atoms with Gasteiger partial charge in [-0.1, -0.05) is 55.7 Å². The zero-order chi connectivity index (χ0) is 17.9. The van der Waals surface area contributed by atoms with Crippen LogP contribution in [0.4, 0.5) is 0 Å². The summed E-state index contributed by atoms with van der Waals surface area (Å²) in [6, 6.07) is 13.6. The van der Waals surface area contributed by atoms with Crippen LogP contribution in [-0.2, 0) is 12.0 Å². The standard InChI is InChI=1S/C20H22ClN3O/c1-20(2,3)16-13-25-24-18(16)12-23-19(17-9-4-5-10-22-17)14-7-6-8-15(21)11-14/h4-11,13,19,23H,12H2,1-3H3. The molecule has 0 spiro atoms. The Bertz CT molecular complexity index is 824. The highest BCUT2D eigenvalue weighted by Crippen LogP contribution is 2.27. The van der Waals surface area contributed by atoms with Crippen molar-refractivity contribution in [2.75, 3.05) is 0 Å². The van der Waals surface area contributed by atoms with Crippen molar-refractivity contribution in [1.29, 1.82) is 0 Å². The minimum Gasteiger partial charge on any atom is -0.364 e. The molecule has 1 N–H and O–H groups in total. The van der Waals surface area contributed by atoms with E-state index in [1.807, 2.05) is 42.5 Å². The lowest BCUT2D eigenvalue weighted by Gasteiger charge is -2.21. The van der Waals surface area contributed by atoms with E-state index in [4.69, 9.17) is 16.1 Å². The Kier molecular flexibility index (Phi) is 5.21. The Morgan fingerprint density at radius 3 is 2.68 bits per heavy atom. The van der Waals surface area contributed by atoms with Crippen LogP contribution in [0.2, 0.25) is 5.02 Å². The van der Waals surface area contributed by atoms with E-state index in [2.05, 4.69) is 36.2 Å². The van der Waals surface area contributed by atoms with Gasteiger partial charge in [0.2, 0.25) is 0 Å². The average Bonchev–Trinajstić information content (AvgIpc) is 3.05. The smallest absolute Gasteiger partial charge is 0.127 e. The number of nitrogens with zero attached hydrogens (tertiary/aromatic N) is 2. The van der Waals surface area contributed by atoms with Gasteiger partial charge in [-0.15, -0.1) is 0 Å². The Morgan fingerprint density at radius 1 is 1.16 bits per heavy atom. The number of nitrogens with one attached hydrogen (secondary N) is 1. The lowest BCUT2D eigenvalue weighted by Crippen LogP contribution is -2.25. The van der Waals surface area contributed by atoms with Gasteiger partial charge in [0, 0.05) is 23.3 Å². The second-order valence-corrected chi connectivity index (χ2v) is 7.48. The second kappa shape index (κ2) is 7.38. The van der Waals surface area contributed by atoms with Crippen LogP contribution in [0.15, 0.2) is 59.4 Å². The van der Waals surface area contributed by atoms with Crippen molar-refractivity contribution in [1.82, 2.24) is 15.5 Å². The minimum absolute atomic E-state index is 0.0203. The Hall–Kier alpha value is -2.17. The summed E-state index contributed by atoms with van der Waals surface area (Å²) in [6.45, 7) is 7.03. The van der Waals surface area contributed by atoms with Gasteiger partial charge in [-0.25, -0.2) is 0 Å². The van der Waals surface area contributed by atoms with Gasteiger partial charge in [-0.05, 0) is 35.2 Å². The first-order chi connectivity index (χ1) is 11.9. The van der Waals surface area contributed by atoms with E-state index in [1.54, 1.807) is 12.5 Å². The molecule has 1 unspecified atom stereocenters. The third kappa shape index (κ3) is 4.27. The van der Waals surface area contributed by atoms with E-state index in [1.165, 1.54) is 0 Å². The lowest BCUT2D eigenvalue weighted by molar-refractivity contribution is 0.405. The maximum atomic E-state index is 6.19. The number of hydrogen-bond acceptors (Lipinski definition) is 4. The maximum absolute atomic E-state index is 6.19. The number of halogens is 1. The number of hydrogen-bond donors (Lipinski definition) is 1. The van der Waals surface area contributed by atoms with Crippen molar-refractivity contribution in [2.24, 2.45) is 0 Å². The first kappa shape index (κ1) is 17.6. The van der Waals surface area contributed by atoms with Crippen molar-refractivity contribution in [3.05, 3.63) is 82.5 Å². The normalized spacial score (nSPS) is 13.0. The summed E-state index contributed by atoms with van der Waals surface area (Å²) >= 11 is 6.19. The van der Waals surface area contributed by atoms with Crippen LogP contribution >= 0.6 is 11.6 Å². The van der Waals surface area contributed by atoms with Crippen LogP contribution in [0.5, 0.6) is 0 Å². The predicted octanol–water partition coefficient (Wildman–Crippen LogP) is 4.90. The topological polar surface area (TPSA) is 51.0 Å². The third-order valence-electron chi connectivity index (χ3n) is 4.09. The van der Waals surface area contributed by atoms with Gasteiger partial charge in [0.25, 0.3) is 0 Å². The van der Waals surface area contributed by atoms with E-state index >= 15 is 0 Å². The Balaban J connectivity index is 1.88. The number of aromatic nitrogens is 2. The van der Waals surface area contributed by atoms with Crippen molar-refractivity contribution in [3.63, 3.8) is 0 Å². The van der Waals surface area contributed by atoms with Crippen LogP contribution in [0.3, 0.4) is 0 Å². The predicted molar refractivity (Wildman–Crippen MR) is 99.6 cm³/mol. The molecule has 0 saturated heterocycles. The molecule has 5 heteroatoms. The molecule has 130 valence electrons. The highest BCUT2D eigenvalue weighted by atomic mass is 35.5. The van der Waals surface area contributed by atoms with Crippen molar-refractivity contribution in [3.8, 4) is 0 Å². The van der Waals surface area contributed by atoms with Gasteiger partial charge >= 0.3 is 0 Å². The van der Waals surface area contributed by atoms with E-state index in [9.17, 15) is 0 Å². The fourth-order valence-electron chi connectivity index (χ4n) is 2.82. The molecule has 3 rings (SSSR count). The summed E-state index contributed by atoms with van der Waals surface area (Å²) in [7, 11) is 0. The lowest BCUT2D eigenvalue weighted by atomic mass is 9.87. The molecule has 0 fully saturated rings. The van der Waals surface area contributed by atoms with Crippen LogP contribution < -0.4 is 5.32 Å². The summed E-state index contributed by atoms with van der Waals surface area (Å²) < 4.78 is 5.21. The van der Waals surface area contributed by atoms with E-state index in [0.29, 0.717) is 11.6 Å². The molecule has 2 aromatic heterocycles. The highest BCUT2D eigenvalue weighted by Gasteiger charge is 2.23. The Morgan fingerprint density at radius 2 is 2.00 bits per heavy atom. The molecule has 2 heterocycles. The molecule has 0 saturated carbocycles.